The molecule has 0 heterocycles. The molecule has 0 N–H and O–H groups in total. The Morgan fingerprint density at radius 2 is 1.08 bits per heavy atom. The van der Waals surface area contributed by atoms with E-state index in [9.17, 15) is 35.1 Å². The zero-order valence-corrected chi connectivity index (χ0v) is 19.2. The Bertz CT molecular complexity index is 1500. The first kappa shape index (κ1) is 26.7. The molecule has 0 aromatic heterocycles. The Morgan fingerprint density at radius 3 is 1.55 bits per heavy atom. The number of ether oxygens (including phenoxy) is 1. The smallest absolute Gasteiger partial charge is 0.399 e. The fraction of sp³-hybridized carbons (Fsp3) is 0.0345. The van der Waals surface area contributed by atoms with Gasteiger partial charge < -0.3 is 4.74 Å². The summed E-state index contributed by atoms with van der Waals surface area (Å²) in [6.07, 6.45) is -4.52. The van der Waals surface area contributed by atoms with Crippen LogP contribution in [0, 0.1) is 17.5 Å². The van der Waals surface area contributed by atoms with Crippen molar-refractivity contribution >= 4 is 5.83 Å². The van der Waals surface area contributed by atoms with E-state index in [1.54, 1.807) is 36.4 Å². The van der Waals surface area contributed by atoms with Crippen molar-refractivity contribution in [3.8, 4) is 39.1 Å². The monoisotopic (exact) mass is 532 g/mol. The normalized spacial score (nSPS) is 12.2. The summed E-state index contributed by atoms with van der Waals surface area (Å²) in [6.45, 7) is 3.19. The Morgan fingerprint density at radius 1 is 0.632 bits per heavy atom. The molecule has 0 radical (unpaired) electrons. The summed E-state index contributed by atoms with van der Waals surface area (Å²) in [4.78, 5) is 0. The predicted molar refractivity (Wildman–Crippen MR) is 129 cm³/mol. The first-order chi connectivity index (χ1) is 18.0. The van der Waals surface area contributed by atoms with E-state index in [0.717, 1.165) is 23.3 Å². The summed E-state index contributed by atoms with van der Waals surface area (Å²) in [5.41, 5.74) is 2.02. The van der Waals surface area contributed by atoms with Crippen molar-refractivity contribution in [2.45, 2.75) is 6.36 Å². The average Bonchev–Trinajstić information content (AvgIpc) is 2.89. The van der Waals surface area contributed by atoms with Gasteiger partial charge in [-0.25, -0.2) is 22.0 Å². The van der Waals surface area contributed by atoms with Gasteiger partial charge in [0.2, 0.25) is 5.75 Å². The molecule has 0 spiro atoms. The SMILES string of the molecule is C=C/C(F)=C(\F)c1ccc(-c2ccc(-c3ccc(-c4cc(F)c(OC(F)(F)F)c(F)c4)c(F)c3)cc2)cc1. The maximum Gasteiger partial charge on any atom is 0.573 e. The number of hydrogen-bond acceptors (Lipinski definition) is 1. The van der Waals surface area contributed by atoms with Crippen LogP contribution < -0.4 is 4.74 Å². The van der Waals surface area contributed by atoms with E-state index in [4.69, 9.17) is 0 Å². The minimum Gasteiger partial charge on any atom is -0.399 e. The third kappa shape index (κ3) is 5.77. The fourth-order valence-electron chi connectivity index (χ4n) is 3.75. The van der Waals surface area contributed by atoms with E-state index >= 15 is 0 Å². The molecule has 9 heteroatoms. The van der Waals surface area contributed by atoms with Crippen LogP contribution in [0.3, 0.4) is 0 Å². The maximum atomic E-state index is 14.9. The van der Waals surface area contributed by atoms with Crippen LogP contribution >= 0.6 is 0 Å². The molecule has 38 heavy (non-hydrogen) atoms. The van der Waals surface area contributed by atoms with Gasteiger partial charge in [0, 0.05) is 11.1 Å². The van der Waals surface area contributed by atoms with Crippen LogP contribution in [0.4, 0.5) is 35.1 Å². The lowest BCUT2D eigenvalue weighted by molar-refractivity contribution is -0.276. The van der Waals surface area contributed by atoms with Crippen molar-refractivity contribution in [3.05, 3.63) is 120 Å². The molecular formula is C29H16F8O. The van der Waals surface area contributed by atoms with Gasteiger partial charge in [0.15, 0.2) is 23.3 Å². The number of hydrogen-bond donors (Lipinski definition) is 0. The molecular weight excluding hydrogens is 516 g/mol. The molecule has 4 rings (SSSR count). The van der Waals surface area contributed by atoms with Crippen LogP contribution in [0.2, 0.25) is 0 Å². The van der Waals surface area contributed by atoms with Crippen molar-refractivity contribution in [1.82, 2.24) is 0 Å². The molecule has 0 bridgehead atoms. The lowest BCUT2D eigenvalue weighted by Crippen LogP contribution is -2.19. The highest BCUT2D eigenvalue weighted by Gasteiger charge is 2.34. The van der Waals surface area contributed by atoms with Crippen LogP contribution in [0.25, 0.3) is 39.2 Å². The molecule has 0 saturated carbocycles. The number of benzene rings is 4. The van der Waals surface area contributed by atoms with Crippen LogP contribution in [-0.2, 0) is 0 Å². The lowest BCUT2D eigenvalue weighted by Gasteiger charge is -2.13. The Labute approximate surface area is 211 Å². The average molecular weight is 532 g/mol. The van der Waals surface area contributed by atoms with Gasteiger partial charge in [0.25, 0.3) is 0 Å². The number of rotatable bonds is 6. The van der Waals surface area contributed by atoms with E-state index < -0.39 is 41.2 Å². The number of allylic oxidation sites excluding steroid dienone is 2. The summed E-state index contributed by atoms with van der Waals surface area (Å²) < 4.78 is 111. The van der Waals surface area contributed by atoms with Crippen LogP contribution in [0.15, 0.2) is 97.3 Å². The highest BCUT2D eigenvalue weighted by atomic mass is 19.4. The summed E-state index contributed by atoms with van der Waals surface area (Å²) in [5.74, 6) is -7.83. The lowest BCUT2D eigenvalue weighted by atomic mass is 9.97. The summed E-state index contributed by atoms with van der Waals surface area (Å²) in [7, 11) is 0. The molecule has 0 aliphatic rings. The Hall–Kier alpha value is -4.40. The van der Waals surface area contributed by atoms with Gasteiger partial charge in [0.1, 0.15) is 5.82 Å². The second kappa shape index (κ2) is 10.5. The first-order valence-electron chi connectivity index (χ1n) is 10.9. The predicted octanol–water partition coefficient (Wildman–Crippen LogP) is 9.80. The van der Waals surface area contributed by atoms with Gasteiger partial charge in [0.05, 0.1) is 0 Å². The van der Waals surface area contributed by atoms with E-state index in [-0.39, 0.29) is 16.7 Å². The van der Waals surface area contributed by atoms with Gasteiger partial charge >= 0.3 is 6.36 Å². The van der Waals surface area contributed by atoms with E-state index in [1.807, 2.05) is 0 Å². The zero-order chi connectivity index (χ0) is 27.6. The van der Waals surface area contributed by atoms with Crippen molar-refractivity contribution < 1.29 is 39.9 Å². The van der Waals surface area contributed by atoms with E-state index in [1.165, 1.54) is 24.3 Å². The molecule has 0 fully saturated rings. The topological polar surface area (TPSA) is 9.23 Å². The molecule has 0 unspecified atom stereocenters. The largest absolute Gasteiger partial charge is 0.573 e. The summed E-state index contributed by atoms with van der Waals surface area (Å²) >= 11 is 0. The van der Waals surface area contributed by atoms with Gasteiger partial charge in [-0.05, 0) is 52.1 Å². The zero-order valence-electron chi connectivity index (χ0n) is 19.2. The molecule has 0 amide bonds. The second-order valence-corrected chi connectivity index (χ2v) is 8.03. The standard InChI is InChI=1S/C29H16F8O/c1-2-23(30)27(34)19-9-7-17(8-10-19)16-3-5-18(6-4-16)20-11-12-22(24(31)13-20)21-14-25(32)28(26(33)15-21)38-29(35,36)37/h2-15H,1H2/b27-23+. The first-order valence-corrected chi connectivity index (χ1v) is 10.9. The van der Waals surface area contributed by atoms with Gasteiger partial charge in [-0.2, -0.15) is 0 Å². The molecule has 0 atom stereocenters. The summed E-state index contributed by atoms with van der Waals surface area (Å²) in [6, 6.07) is 17.9. The molecule has 4 aromatic carbocycles. The van der Waals surface area contributed by atoms with Gasteiger partial charge in [-0.3, -0.25) is 0 Å². The highest BCUT2D eigenvalue weighted by molar-refractivity contribution is 5.75. The Balaban J connectivity index is 1.57. The van der Waals surface area contributed by atoms with Crippen molar-refractivity contribution in [2.75, 3.05) is 0 Å². The van der Waals surface area contributed by atoms with Crippen molar-refractivity contribution in [2.24, 2.45) is 0 Å². The third-order valence-electron chi connectivity index (χ3n) is 5.57. The molecule has 194 valence electrons. The molecule has 1 nitrogen and oxygen atoms in total. The van der Waals surface area contributed by atoms with Crippen molar-refractivity contribution in [3.63, 3.8) is 0 Å². The summed E-state index contributed by atoms with van der Waals surface area (Å²) in [5, 5.41) is 0. The highest BCUT2D eigenvalue weighted by Crippen LogP contribution is 2.35. The van der Waals surface area contributed by atoms with Crippen molar-refractivity contribution in [1.29, 1.82) is 0 Å². The number of halogens is 8. The van der Waals surface area contributed by atoms with Gasteiger partial charge in [-0.15, -0.1) is 13.2 Å². The molecule has 0 aliphatic heterocycles. The second-order valence-electron chi connectivity index (χ2n) is 8.03. The minimum absolute atomic E-state index is 0.0561. The molecule has 0 saturated heterocycles. The maximum absolute atomic E-state index is 14.9. The minimum atomic E-state index is -5.30. The van der Waals surface area contributed by atoms with E-state index in [0.29, 0.717) is 23.3 Å². The fourth-order valence-corrected chi connectivity index (χ4v) is 3.75. The molecule has 0 aliphatic carbocycles. The Kier molecular flexibility index (Phi) is 7.39. The van der Waals surface area contributed by atoms with E-state index in [2.05, 4.69) is 11.3 Å². The number of alkyl halides is 3. The van der Waals surface area contributed by atoms with Gasteiger partial charge in [-0.1, -0.05) is 67.2 Å². The van der Waals surface area contributed by atoms with Crippen LogP contribution in [0.1, 0.15) is 5.56 Å². The van der Waals surface area contributed by atoms with Crippen LogP contribution in [0.5, 0.6) is 5.75 Å². The molecule has 4 aromatic rings. The third-order valence-corrected chi connectivity index (χ3v) is 5.57. The quantitative estimate of drug-likeness (QED) is 0.177. The van der Waals surface area contributed by atoms with Crippen LogP contribution in [-0.4, -0.2) is 6.36 Å².